The summed E-state index contributed by atoms with van der Waals surface area (Å²) in [6.45, 7) is 0. The van der Waals surface area contributed by atoms with Gasteiger partial charge in [0.2, 0.25) is 0 Å². The van der Waals surface area contributed by atoms with E-state index in [4.69, 9.17) is 5.73 Å². The molecule has 1 aromatic rings. The quantitative estimate of drug-likeness (QED) is 0.816. The molecule has 0 unspecified atom stereocenters. The summed E-state index contributed by atoms with van der Waals surface area (Å²) in [6.07, 6.45) is -4.41. The van der Waals surface area contributed by atoms with Crippen LogP contribution in [0.2, 0.25) is 0 Å². The highest BCUT2D eigenvalue weighted by molar-refractivity contribution is 9.10. The minimum atomic E-state index is -4.41. The summed E-state index contributed by atoms with van der Waals surface area (Å²) in [5, 5.41) is 2.86. The van der Waals surface area contributed by atoms with Gasteiger partial charge in [0, 0.05) is 22.0 Å². The average Bonchev–Trinajstić information content (AvgIpc) is 2.11. The first-order valence-corrected chi connectivity index (χ1v) is 6.83. The first-order valence-electron chi connectivity index (χ1n) is 4.88. The van der Waals surface area contributed by atoms with Gasteiger partial charge in [0.25, 0.3) is 0 Å². The van der Waals surface area contributed by atoms with Crippen molar-refractivity contribution in [2.75, 3.05) is 22.6 Å². The van der Waals surface area contributed by atoms with Crippen LogP contribution in [0.3, 0.4) is 0 Å². The van der Waals surface area contributed by atoms with Crippen LogP contribution < -0.4 is 11.1 Å². The number of alkyl halides is 3. The predicted octanol–water partition coefficient (Wildman–Crippen LogP) is 3.58. The Morgan fingerprint density at radius 2 is 2.00 bits per heavy atom. The lowest BCUT2D eigenvalue weighted by Crippen LogP contribution is -2.34. The van der Waals surface area contributed by atoms with Gasteiger partial charge in [-0.25, -0.2) is 0 Å². The first-order chi connectivity index (χ1) is 7.88. The van der Waals surface area contributed by atoms with Crippen molar-refractivity contribution >= 4 is 39.1 Å². The Balaban J connectivity index is 2.39. The fraction of sp³-hybridized carbons (Fsp3) is 0.400. The highest BCUT2D eigenvalue weighted by Crippen LogP contribution is 2.41. The van der Waals surface area contributed by atoms with Gasteiger partial charge >= 0.3 is 6.18 Å². The molecule has 2 rings (SSSR count). The molecule has 0 aliphatic carbocycles. The van der Waals surface area contributed by atoms with Crippen LogP contribution in [-0.2, 0) is 6.18 Å². The molecule has 1 aliphatic rings. The van der Waals surface area contributed by atoms with Crippen molar-refractivity contribution in [2.45, 2.75) is 12.2 Å². The number of nitrogens with two attached hydrogens (primary N) is 1. The van der Waals surface area contributed by atoms with E-state index in [2.05, 4.69) is 21.2 Å². The molecular formula is C10H10BrF3N2S. The third-order valence-corrected chi connectivity index (χ3v) is 4.16. The van der Waals surface area contributed by atoms with Crippen LogP contribution in [0, 0.1) is 0 Å². The molecule has 94 valence electrons. The van der Waals surface area contributed by atoms with E-state index in [9.17, 15) is 13.2 Å². The third-order valence-electron chi connectivity index (χ3n) is 2.43. The van der Waals surface area contributed by atoms with Gasteiger partial charge in [0.15, 0.2) is 0 Å². The van der Waals surface area contributed by atoms with E-state index in [0.29, 0.717) is 4.47 Å². The summed E-state index contributed by atoms with van der Waals surface area (Å²) in [4.78, 5) is 0. The van der Waals surface area contributed by atoms with Gasteiger partial charge in [0.1, 0.15) is 0 Å². The molecule has 1 saturated heterocycles. The highest BCUT2D eigenvalue weighted by Gasteiger charge is 2.35. The van der Waals surface area contributed by atoms with Gasteiger partial charge < -0.3 is 11.1 Å². The van der Waals surface area contributed by atoms with Gasteiger partial charge in [-0.2, -0.15) is 24.9 Å². The molecule has 0 radical (unpaired) electrons. The number of rotatable bonds is 2. The molecular weight excluding hydrogens is 317 g/mol. The van der Waals surface area contributed by atoms with E-state index < -0.39 is 11.7 Å². The molecule has 1 aliphatic heterocycles. The molecule has 1 heterocycles. The highest BCUT2D eigenvalue weighted by atomic mass is 79.9. The monoisotopic (exact) mass is 326 g/mol. The maximum atomic E-state index is 12.9. The smallest absolute Gasteiger partial charge is 0.397 e. The summed E-state index contributed by atoms with van der Waals surface area (Å²) in [5.41, 5.74) is 5.03. The van der Waals surface area contributed by atoms with Gasteiger partial charge in [-0.1, -0.05) is 15.9 Å². The molecule has 0 aromatic heterocycles. The molecule has 3 N–H and O–H groups in total. The second-order valence-electron chi connectivity index (χ2n) is 3.79. The largest absolute Gasteiger partial charge is 0.418 e. The van der Waals surface area contributed by atoms with Crippen LogP contribution in [0.15, 0.2) is 16.6 Å². The number of benzene rings is 1. The van der Waals surface area contributed by atoms with Crippen LogP contribution >= 0.6 is 27.7 Å². The fourth-order valence-electron chi connectivity index (χ4n) is 1.54. The van der Waals surface area contributed by atoms with E-state index in [0.717, 1.165) is 17.6 Å². The summed E-state index contributed by atoms with van der Waals surface area (Å²) >= 11 is 4.72. The summed E-state index contributed by atoms with van der Waals surface area (Å²) in [6, 6.07) is 2.60. The molecule has 0 saturated carbocycles. The van der Waals surface area contributed by atoms with Gasteiger partial charge in [0.05, 0.1) is 16.9 Å². The Morgan fingerprint density at radius 1 is 1.35 bits per heavy atom. The lowest BCUT2D eigenvalue weighted by atomic mass is 10.1. The van der Waals surface area contributed by atoms with Crippen LogP contribution in [0.1, 0.15) is 5.56 Å². The zero-order valence-electron chi connectivity index (χ0n) is 8.64. The Hall–Kier alpha value is -0.560. The molecule has 1 fully saturated rings. The Labute approximate surface area is 109 Å². The van der Waals surface area contributed by atoms with E-state index >= 15 is 0 Å². The van der Waals surface area contributed by atoms with Gasteiger partial charge in [-0.15, -0.1) is 0 Å². The van der Waals surface area contributed by atoms with E-state index in [1.54, 1.807) is 11.8 Å². The molecule has 17 heavy (non-hydrogen) atoms. The molecule has 7 heteroatoms. The topological polar surface area (TPSA) is 38.0 Å². The number of nitrogens with one attached hydrogen (secondary N) is 1. The van der Waals surface area contributed by atoms with Crippen molar-refractivity contribution < 1.29 is 13.2 Å². The van der Waals surface area contributed by atoms with Crippen LogP contribution in [0.5, 0.6) is 0 Å². The first kappa shape index (κ1) is 12.9. The van der Waals surface area contributed by atoms with E-state index in [-0.39, 0.29) is 17.4 Å². The fourth-order valence-corrected chi connectivity index (χ4v) is 2.65. The van der Waals surface area contributed by atoms with Crippen LogP contribution in [0.25, 0.3) is 0 Å². The molecule has 0 atom stereocenters. The number of thioether (sulfide) groups is 1. The normalized spacial score (nSPS) is 16.7. The van der Waals surface area contributed by atoms with E-state index in [1.165, 1.54) is 6.07 Å². The van der Waals surface area contributed by atoms with Gasteiger partial charge in [-0.3, -0.25) is 0 Å². The van der Waals surface area contributed by atoms with Crippen molar-refractivity contribution in [1.29, 1.82) is 0 Å². The Kier molecular flexibility index (Phi) is 3.49. The number of halogens is 4. The molecule has 0 spiro atoms. The average molecular weight is 327 g/mol. The third kappa shape index (κ3) is 2.82. The Morgan fingerprint density at radius 3 is 2.47 bits per heavy atom. The van der Waals surface area contributed by atoms with Crippen LogP contribution in [-0.4, -0.2) is 17.5 Å². The SMILES string of the molecule is Nc1cc(Br)cc(C(F)(F)F)c1NC1CSC1. The zero-order chi connectivity index (χ0) is 12.6. The lowest BCUT2D eigenvalue weighted by Gasteiger charge is -2.29. The Bertz CT molecular complexity index is 432. The van der Waals surface area contributed by atoms with Crippen molar-refractivity contribution in [3.8, 4) is 0 Å². The zero-order valence-corrected chi connectivity index (χ0v) is 11.0. The number of hydrogen-bond donors (Lipinski definition) is 2. The molecule has 2 nitrogen and oxygen atoms in total. The van der Waals surface area contributed by atoms with Gasteiger partial charge in [-0.05, 0) is 12.1 Å². The maximum absolute atomic E-state index is 12.9. The van der Waals surface area contributed by atoms with Crippen molar-refractivity contribution in [3.05, 3.63) is 22.2 Å². The van der Waals surface area contributed by atoms with Crippen molar-refractivity contribution in [1.82, 2.24) is 0 Å². The van der Waals surface area contributed by atoms with Crippen molar-refractivity contribution in [2.24, 2.45) is 0 Å². The summed E-state index contributed by atoms with van der Waals surface area (Å²) in [7, 11) is 0. The van der Waals surface area contributed by atoms with Crippen molar-refractivity contribution in [3.63, 3.8) is 0 Å². The molecule has 0 bridgehead atoms. The molecule has 1 aromatic carbocycles. The number of hydrogen-bond acceptors (Lipinski definition) is 3. The van der Waals surface area contributed by atoms with Crippen LogP contribution in [0.4, 0.5) is 24.5 Å². The lowest BCUT2D eigenvalue weighted by molar-refractivity contribution is -0.137. The number of nitrogen functional groups attached to an aromatic ring is 1. The van der Waals surface area contributed by atoms with E-state index in [1.807, 2.05) is 0 Å². The minimum absolute atomic E-state index is 0.00833. The standard InChI is InChI=1S/C10H10BrF3N2S/c11-5-1-7(10(12,13)14)9(8(15)2-5)16-6-3-17-4-6/h1-2,6,16H,3-4,15H2. The second-order valence-corrected chi connectivity index (χ2v) is 5.78. The molecule has 0 amide bonds. The summed E-state index contributed by atoms with van der Waals surface area (Å²) in [5.74, 6) is 1.62. The summed E-state index contributed by atoms with van der Waals surface area (Å²) < 4.78 is 38.9. The second kappa shape index (κ2) is 4.61. The minimum Gasteiger partial charge on any atom is -0.397 e. The number of anilines is 2. The predicted molar refractivity (Wildman–Crippen MR) is 68.3 cm³/mol. The maximum Gasteiger partial charge on any atom is 0.418 e.